The van der Waals surface area contributed by atoms with Crippen molar-refractivity contribution in [2.24, 2.45) is 0 Å². The van der Waals surface area contributed by atoms with E-state index in [1.54, 1.807) is 18.3 Å². The fourth-order valence-corrected chi connectivity index (χ4v) is 5.14. The van der Waals surface area contributed by atoms with Gasteiger partial charge in [0.15, 0.2) is 0 Å². The lowest BCUT2D eigenvalue weighted by Gasteiger charge is -2.42. The van der Waals surface area contributed by atoms with Gasteiger partial charge in [-0.05, 0) is 18.9 Å². The van der Waals surface area contributed by atoms with E-state index in [9.17, 15) is 18.4 Å². The topological polar surface area (TPSA) is 74.3 Å². The Labute approximate surface area is 172 Å². The van der Waals surface area contributed by atoms with Gasteiger partial charge in [-0.3, -0.25) is 14.6 Å². The van der Waals surface area contributed by atoms with Crippen molar-refractivity contribution in [1.29, 1.82) is 0 Å². The lowest BCUT2D eigenvalue weighted by molar-refractivity contribution is -0.149. The van der Waals surface area contributed by atoms with Gasteiger partial charge in [0.25, 0.3) is 11.8 Å². The van der Waals surface area contributed by atoms with Crippen LogP contribution < -0.4 is 10.6 Å². The minimum atomic E-state index is -3.15. The van der Waals surface area contributed by atoms with Crippen LogP contribution in [-0.4, -0.2) is 46.8 Å². The molecule has 5 rings (SSSR count). The molecule has 1 unspecified atom stereocenters. The highest BCUT2D eigenvalue weighted by Gasteiger charge is 2.48. The van der Waals surface area contributed by atoms with Crippen molar-refractivity contribution in [3.8, 4) is 0 Å². The SMILES string of the molecule is O=C1NCC2=C1[C@@H](c1cccc3cccnc13)N(C(=O)C(F)F)C1CCCC[C@H]1N2. The van der Waals surface area contributed by atoms with Crippen molar-refractivity contribution >= 4 is 22.7 Å². The standard InChI is InChI=1S/C22H22F2N4O2/c23-20(24)22(30)28-16-9-2-1-8-14(16)27-15-11-26-21(29)17(15)19(28)13-7-3-5-12-6-4-10-25-18(12)13/h3-7,10,14,16,19-20,27H,1-2,8-9,11H2,(H,26,29)/t14-,16?,19-/m1/s1. The number of carbonyl (C=O) groups is 2. The Morgan fingerprint density at radius 3 is 2.80 bits per heavy atom. The maximum absolute atomic E-state index is 13.8. The highest BCUT2D eigenvalue weighted by atomic mass is 19.3. The molecule has 3 heterocycles. The molecule has 0 spiro atoms. The molecule has 2 N–H and O–H groups in total. The number of halogens is 2. The Morgan fingerprint density at radius 1 is 1.17 bits per heavy atom. The van der Waals surface area contributed by atoms with E-state index in [-0.39, 0.29) is 11.9 Å². The van der Waals surface area contributed by atoms with Crippen molar-refractivity contribution < 1.29 is 18.4 Å². The first kappa shape index (κ1) is 19.0. The van der Waals surface area contributed by atoms with Gasteiger partial charge in [-0.25, -0.2) is 0 Å². The largest absolute Gasteiger partial charge is 0.382 e. The zero-order valence-electron chi connectivity index (χ0n) is 16.3. The Bertz CT molecular complexity index is 1050. The quantitative estimate of drug-likeness (QED) is 0.796. The molecule has 0 radical (unpaired) electrons. The molecule has 2 amide bonds. The van der Waals surface area contributed by atoms with Gasteiger partial charge in [-0.1, -0.05) is 37.1 Å². The fourth-order valence-electron chi connectivity index (χ4n) is 5.14. The van der Waals surface area contributed by atoms with Crippen molar-refractivity contribution in [3.05, 3.63) is 53.4 Å². The summed E-state index contributed by atoms with van der Waals surface area (Å²) in [6, 6.07) is 7.67. The van der Waals surface area contributed by atoms with Crippen LogP contribution in [0.2, 0.25) is 0 Å². The molecule has 1 aromatic heterocycles. The van der Waals surface area contributed by atoms with Crippen LogP contribution in [-0.2, 0) is 9.59 Å². The minimum Gasteiger partial charge on any atom is -0.382 e. The second-order valence-electron chi connectivity index (χ2n) is 8.05. The molecule has 156 valence electrons. The third-order valence-corrected chi connectivity index (χ3v) is 6.39. The van der Waals surface area contributed by atoms with Gasteiger partial charge in [0, 0.05) is 28.9 Å². The van der Waals surface area contributed by atoms with Crippen LogP contribution in [0.4, 0.5) is 8.78 Å². The summed E-state index contributed by atoms with van der Waals surface area (Å²) in [7, 11) is 0. The predicted molar refractivity (Wildman–Crippen MR) is 107 cm³/mol. The van der Waals surface area contributed by atoms with Crippen LogP contribution in [0.5, 0.6) is 0 Å². The van der Waals surface area contributed by atoms with Gasteiger partial charge in [0.2, 0.25) is 0 Å². The van der Waals surface area contributed by atoms with E-state index in [1.807, 2.05) is 18.2 Å². The molecule has 3 aliphatic rings. The first-order chi connectivity index (χ1) is 14.6. The number of hydrogen-bond donors (Lipinski definition) is 2. The van der Waals surface area contributed by atoms with Gasteiger partial charge in [0.05, 0.1) is 29.7 Å². The number of hydrogen-bond acceptors (Lipinski definition) is 4. The number of alkyl halides is 2. The lowest BCUT2D eigenvalue weighted by atomic mass is 9.87. The Hall–Kier alpha value is -3.03. The van der Waals surface area contributed by atoms with E-state index in [0.29, 0.717) is 35.3 Å². The fraction of sp³-hybridized carbons (Fsp3) is 0.409. The number of benzene rings is 1. The molecule has 6 nitrogen and oxygen atoms in total. The second kappa shape index (κ2) is 7.34. The zero-order valence-corrected chi connectivity index (χ0v) is 16.3. The third kappa shape index (κ3) is 2.93. The normalized spacial score (nSPS) is 26.2. The Balaban J connectivity index is 1.77. The summed E-state index contributed by atoms with van der Waals surface area (Å²) >= 11 is 0. The van der Waals surface area contributed by atoms with Crippen molar-refractivity contribution in [2.75, 3.05) is 6.54 Å². The number of fused-ring (bicyclic) bond motifs is 2. The minimum absolute atomic E-state index is 0.160. The molecule has 2 aromatic rings. The Morgan fingerprint density at radius 2 is 1.97 bits per heavy atom. The molecule has 3 atom stereocenters. The predicted octanol–water partition coefficient (Wildman–Crippen LogP) is 2.67. The van der Waals surface area contributed by atoms with E-state index in [0.717, 1.165) is 24.6 Å². The molecule has 1 aromatic carbocycles. The van der Waals surface area contributed by atoms with E-state index in [1.165, 1.54) is 4.90 Å². The number of nitrogens with one attached hydrogen (secondary N) is 2. The van der Waals surface area contributed by atoms with E-state index < -0.39 is 24.4 Å². The first-order valence-electron chi connectivity index (χ1n) is 10.3. The molecule has 0 saturated heterocycles. The average Bonchev–Trinajstić information content (AvgIpc) is 3.04. The van der Waals surface area contributed by atoms with Crippen molar-refractivity contribution in [3.63, 3.8) is 0 Å². The lowest BCUT2D eigenvalue weighted by Crippen LogP contribution is -2.55. The smallest absolute Gasteiger partial charge is 0.315 e. The summed E-state index contributed by atoms with van der Waals surface area (Å²) < 4.78 is 27.6. The van der Waals surface area contributed by atoms with Crippen LogP contribution in [0.3, 0.4) is 0 Å². The van der Waals surface area contributed by atoms with Gasteiger partial charge >= 0.3 is 6.43 Å². The van der Waals surface area contributed by atoms with Gasteiger partial charge in [-0.15, -0.1) is 0 Å². The zero-order chi connectivity index (χ0) is 20.8. The first-order valence-corrected chi connectivity index (χ1v) is 10.3. The maximum Gasteiger partial charge on any atom is 0.315 e. The number of pyridine rings is 1. The van der Waals surface area contributed by atoms with Crippen molar-refractivity contribution in [2.45, 2.75) is 50.2 Å². The molecule has 1 aliphatic carbocycles. The highest BCUT2D eigenvalue weighted by Crippen LogP contribution is 2.42. The van der Waals surface area contributed by atoms with Crippen LogP contribution >= 0.6 is 0 Å². The van der Waals surface area contributed by atoms with Crippen LogP contribution in [0.25, 0.3) is 10.9 Å². The number of amides is 2. The molecular formula is C22H22F2N4O2. The summed E-state index contributed by atoms with van der Waals surface area (Å²) in [5.41, 5.74) is 2.24. The summed E-state index contributed by atoms with van der Waals surface area (Å²) in [4.78, 5) is 31.5. The van der Waals surface area contributed by atoms with Crippen LogP contribution in [0.15, 0.2) is 47.8 Å². The summed E-state index contributed by atoms with van der Waals surface area (Å²) in [6.07, 6.45) is 1.68. The monoisotopic (exact) mass is 412 g/mol. The highest BCUT2D eigenvalue weighted by molar-refractivity contribution is 6.00. The van der Waals surface area contributed by atoms with Crippen LogP contribution in [0, 0.1) is 0 Å². The summed E-state index contributed by atoms with van der Waals surface area (Å²) in [5.74, 6) is -1.57. The van der Waals surface area contributed by atoms with E-state index >= 15 is 0 Å². The van der Waals surface area contributed by atoms with Gasteiger partial charge < -0.3 is 15.5 Å². The average molecular weight is 412 g/mol. The van der Waals surface area contributed by atoms with Gasteiger partial charge in [0.1, 0.15) is 0 Å². The molecule has 30 heavy (non-hydrogen) atoms. The van der Waals surface area contributed by atoms with Gasteiger partial charge in [-0.2, -0.15) is 8.78 Å². The van der Waals surface area contributed by atoms with E-state index in [2.05, 4.69) is 15.6 Å². The number of para-hydroxylation sites is 1. The van der Waals surface area contributed by atoms with Crippen molar-refractivity contribution in [1.82, 2.24) is 20.5 Å². The summed E-state index contributed by atoms with van der Waals surface area (Å²) in [5, 5.41) is 7.05. The number of rotatable bonds is 2. The molecular weight excluding hydrogens is 390 g/mol. The summed E-state index contributed by atoms with van der Waals surface area (Å²) in [6.45, 7) is 0.308. The Kier molecular flexibility index (Phi) is 4.64. The number of carbonyl (C=O) groups excluding carboxylic acids is 2. The molecule has 2 aliphatic heterocycles. The number of nitrogens with zero attached hydrogens (tertiary/aromatic N) is 2. The molecule has 0 bridgehead atoms. The van der Waals surface area contributed by atoms with Crippen LogP contribution in [0.1, 0.15) is 37.3 Å². The second-order valence-corrected chi connectivity index (χ2v) is 8.05. The maximum atomic E-state index is 13.8. The molecule has 1 saturated carbocycles. The number of aromatic nitrogens is 1. The molecule has 1 fully saturated rings. The third-order valence-electron chi connectivity index (χ3n) is 6.39. The van der Waals surface area contributed by atoms with E-state index in [4.69, 9.17) is 0 Å². The molecule has 8 heteroatoms.